The zero-order chi connectivity index (χ0) is 17.4. The highest BCUT2D eigenvalue weighted by Gasteiger charge is 2.61. The van der Waals surface area contributed by atoms with Crippen LogP contribution in [0.1, 0.15) is 39.7 Å². The predicted octanol–water partition coefficient (Wildman–Crippen LogP) is 3.65. The molecule has 4 heteroatoms. The molecule has 0 amide bonds. The van der Waals surface area contributed by atoms with Gasteiger partial charge in [-0.25, -0.2) is 0 Å². The molecule has 130 valence electrons. The summed E-state index contributed by atoms with van der Waals surface area (Å²) in [6.07, 6.45) is 3.69. The summed E-state index contributed by atoms with van der Waals surface area (Å²) >= 11 is 0. The van der Waals surface area contributed by atoms with Crippen LogP contribution in [0.4, 0.5) is 0 Å². The van der Waals surface area contributed by atoms with Gasteiger partial charge in [0, 0.05) is 11.8 Å². The lowest BCUT2D eigenvalue weighted by Crippen LogP contribution is -2.55. The molecule has 2 atom stereocenters. The van der Waals surface area contributed by atoms with Crippen LogP contribution in [-0.2, 0) is 25.6 Å². The summed E-state index contributed by atoms with van der Waals surface area (Å²) in [5.74, 6) is -0.578. The molecule has 1 aliphatic carbocycles. The zero-order valence-electron chi connectivity index (χ0n) is 14.9. The Labute approximate surface area is 143 Å². The molecule has 0 radical (unpaired) electrons. The molecule has 0 saturated carbocycles. The first-order valence-electron chi connectivity index (χ1n) is 8.46. The van der Waals surface area contributed by atoms with Gasteiger partial charge in [-0.2, -0.15) is 0 Å². The number of hydrogen-bond acceptors (Lipinski definition) is 4. The standard InChI is InChI=1S/C20H26O4/c1-18(2)12-16(21)10-11-20(18)17(23-19(3,4)24-20)14-22-13-15-8-6-5-7-9-15/h5-11,17H,12-14H2,1-4H3/t17-,20-/m0/s1. The number of carbonyl (C=O) groups is 1. The Hall–Kier alpha value is -1.49. The van der Waals surface area contributed by atoms with Gasteiger partial charge in [0.15, 0.2) is 11.6 Å². The third-order valence-corrected chi connectivity index (χ3v) is 4.89. The fraction of sp³-hybridized carbons (Fsp3) is 0.550. The summed E-state index contributed by atoms with van der Waals surface area (Å²) in [5.41, 5.74) is 0.118. The van der Waals surface area contributed by atoms with E-state index >= 15 is 0 Å². The quantitative estimate of drug-likeness (QED) is 0.845. The van der Waals surface area contributed by atoms with Crippen molar-refractivity contribution in [1.82, 2.24) is 0 Å². The van der Waals surface area contributed by atoms with Crippen molar-refractivity contribution in [1.29, 1.82) is 0 Å². The lowest BCUT2D eigenvalue weighted by atomic mass is 9.66. The molecule has 1 heterocycles. The van der Waals surface area contributed by atoms with Crippen molar-refractivity contribution in [3.05, 3.63) is 48.0 Å². The lowest BCUT2D eigenvalue weighted by molar-refractivity contribution is -0.176. The van der Waals surface area contributed by atoms with Gasteiger partial charge in [-0.3, -0.25) is 4.79 Å². The van der Waals surface area contributed by atoms with E-state index in [2.05, 4.69) is 13.8 Å². The molecule has 1 spiro atoms. The lowest BCUT2D eigenvalue weighted by Gasteiger charge is -2.45. The van der Waals surface area contributed by atoms with E-state index in [1.807, 2.05) is 50.3 Å². The first-order valence-corrected chi connectivity index (χ1v) is 8.46. The van der Waals surface area contributed by atoms with E-state index in [9.17, 15) is 4.79 Å². The van der Waals surface area contributed by atoms with Crippen molar-refractivity contribution in [3.8, 4) is 0 Å². The highest BCUT2D eigenvalue weighted by molar-refractivity contribution is 5.91. The van der Waals surface area contributed by atoms with Gasteiger partial charge in [-0.1, -0.05) is 44.2 Å². The molecule has 1 aromatic carbocycles. The molecule has 4 nitrogen and oxygen atoms in total. The van der Waals surface area contributed by atoms with E-state index in [0.717, 1.165) is 5.56 Å². The van der Waals surface area contributed by atoms with E-state index in [4.69, 9.17) is 14.2 Å². The topological polar surface area (TPSA) is 44.8 Å². The summed E-state index contributed by atoms with van der Waals surface area (Å²) in [4.78, 5) is 11.9. The van der Waals surface area contributed by atoms with Crippen molar-refractivity contribution < 1.29 is 19.0 Å². The highest BCUT2D eigenvalue weighted by Crippen LogP contribution is 2.51. The Morgan fingerprint density at radius 1 is 1.17 bits per heavy atom. The third kappa shape index (κ3) is 3.18. The summed E-state index contributed by atoms with van der Waals surface area (Å²) in [5, 5.41) is 0. The zero-order valence-corrected chi connectivity index (χ0v) is 14.9. The van der Waals surface area contributed by atoms with Crippen molar-refractivity contribution in [3.63, 3.8) is 0 Å². The average Bonchev–Trinajstić information content (AvgIpc) is 2.76. The smallest absolute Gasteiger partial charge is 0.164 e. The maximum absolute atomic E-state index is 11.9. The molecule has 0 aromatic heterocycles. The Bertz CT molecular complexity index is 632. The molecule has 1 aromatic rings. The first-order chi connectivity index (χ1) is 11.2. The number of rotatable bonds is 4. The number of hydrogen-bond donors (Lipinski definition) is 0. The number of benzene rings is 1. The second kappa shape index (κ2) is 6.10. The molecule has 24 heavy (non-hydrogen) atoms. The largest absolute Gasteiger partial charge is 0.374 e. The van der Waals surface area contributed by atoms with Gasteiger partial charge in [0.05, 0.1) is 13.2 Å². The highest BCUT2D eigenvalue weighted by atomic mass is 16.8. The van der Waals surface area contributed by atoms with Crippen molar-refractivity contribution in [2.24, 2.45) is 5.41 Å². The molecule has 2 aliphatic rings. The molecule has 1 aliphatic heterocycles. The van der Waals surface area contributed by atoms with Crippen LogP contribution in [0.2, 0.25) is 0 Å². The molecular formula is C20H26O4. The SMILES string of the molecule is CC1(C)O[C@@H](COCc2ccccc2)[C@]2(C=CC(=O)CC2(C)C)O1. The van der Waals surface area contributed by atoms with Gasteiger partial charge in [0.2, 0.25) is 0 Å². The average molecular weight is 330 g/mol. The van der Waals surface area contributed by atoms with Crippen LogP contribution in [-0.4, -0.2) is 29.9 Å². The summed E-state index contributed by atoms with van der Waals surface area (Å²) < 4.78 is 18.4. The fourth-order valence-corrected chi connectivity index (χ4v) is 3.73. The predicted molar refractivity (Wildman–Crippen MR) is 91.4 cm³/mol. The van der Waals surface area contributed by atoms with Crippen LogP contribution in [0, 0.1) is 5.41 Å². The third-order valence-electron chi connectivity index (χ3n) is 4.89. The number of ketones is 1. The van der Waals surface area contributed by atoms with Gasteiger partial charge in [-0.15, -0.1) is 0 Å². The van der Waals surface area contributed by atoms with E-state index < -0.39 is 11.4 Å². The van der Waals surface area contributed by atoms with Crippen LogP contribution < -0.4 is 0 Å². The van der Waals surface area contributed by atoms with Crippen molar-refractivity contribution in [2.75, 3.05) is 6.61 Å². The van der Waals surface area contributed by atoms with Crippen LogP contribution >= 0.6 is 0 Å². The van der Waals surface area contributed by atoms with Gasteiger partial charge < -0.3 is 14.2 Å². The number of carbonyl (C=O) groups excluding carboxylic acids is 1. The van der Waals surface area contributed by atoms with Gasteiger partial charge in [0.1, 0.15) is 11.7 Å². The second-order valence-corrected chi connectivity index (χ2v) is 7.76. The molecule has 1 saturated heterocycles. The second-order valence-electron chi connectivity index (χ2n) is 7.76. The minimum Gasteiger partial charge on any atom is -0.374 e. The summed E-state index contributed by atoms with van der Waals surface area (Å²) in [6.45, 7) is 8.88. The Morgan fingerprint density at radius 2 is 1.88 bits per heavy atom. The molecule has 3 rings (SSSR count). The maximum Gasteiger partial charge on any atom is 0.164 e. The minimum absolute atomic E-state index is 0.128. The molecular weight excluding hydrogens is 304 g/mol. The van der Waals surface area contributed by atoms with E-state index in [1.165, 1.54) is 0 Å². The van der Waals surface area contributed by atoms with Gasteiger partial charge >= 0.3 is 0 Å². The number of ether oxygens (including phenoxy) is 3. The van der Waals surface area contributed by atoms with Crippen LogP contribution in [0.3, 0.4) is 0 Å². The van der Waals surface area contributed by atoms with E-state index in [1.54, 1.807) is 6.08 Å². The van der Waals surface area contributed by atoms with Crippen LogP contribution in [0.25, 0.3) is 0 Å². The van der Waals surface area contributed by atoms with Crippen molar-refractivity contribution >= 4 is 5.78 Å². The van der Waals surface area contributed by atoms with Gasteiger partial charge in [-0.05, 0) is 31.6 Å². The van der Waals surface area contributed by atoms with E-state index in [-0.39, 0.29) is 17.3 Å². The monoisotopic (exact) mass is 330 g/mol. The normalized spacial score (nSPS) is 30.8. The van der Waals surface area contributed by atoms with Crippen molar-refractivity contribution in [2.45, 2.75) is 58.2 Å². The summed E-state index contributed by atoms with van der Waals surface area (Å²) in [7, 11) is 0. The Kier molecular flexibility index (Phi) is 4.41. The molecule has 0 unspecified atom stereocenters. The first kappa shape index (κ1) is 17.3. The molecule has 0 bridgehead atoms. The van der Waals surface area contributed by atoms with Crippen LogP contribution in [0.5, 0.6) is 0 Å². The molecule has 1 fully saturated rings. The Balaban J connectivity index is 1.77. The summed E-state index contributed by atoms with van der Waals surface area (Å²) in [6, 6.07) is 10.1. The van der Waals surface area contributed by atoms with E-state index in [0.29, 0.717) is 19.6 Å². The maximum atomic E-state index is 11.9. The minimum atomic E-state index is -0.706. The molecule has 0 N–H and O–H groups in total. The number of allylic oxidation sites excluding steroid dienone is 1. The Morgan fingerprint density at radius 3 is 2.54 bits per heavy atom. The van der Waals surface area contributed by atoms with Crippen LogP contribution in [0.15, 0.2) is 42.5 Å². The fourth-order valence-electron chi connectivity index (χ4n) is 3.73. The van der Waals surface area contributed by atoms with Gasteiger partial charge in [0.25, 0.3) is 0 Å².